The summed E-state index contributed by atoms with van der Waals surface area (Å²) in [5, 5.41) is 7.58. The predicted molar refractivity (Wildman–Crippen MR) is 77.7 cm³/mol. The second-order valence-corrected chi connectivity index (χ2v) is 4.52. The molecule has 0 radical (unpaired) electrons. The summed E-state index contributed by atoms with van der Waals surface area (Å²) in [5.41, 5.74) is 2.58. The zero-order valence-corrected chi connectivity index (χ0v) is 12.1. The Labute approximate surface area is 122 Å². The Morgan fingerprint density at radius 3 is 2.71 bits per heavy atom. The second-order valence-electron chi connectivity index (χ2n) is 4.52. The van der Waals surface area contributed by atoms with Crippen LogP contribution >= 0.6 is 0 Å². The van der Waals surface area contributed by atoms with E-state index in [9.17, 15) is 8.78 Å². The van der Waals surface area contributed by atoms with E-state index in [-0.39, 0.29) is 5.75 Å². The van der Waals surface area contributed by atoms with Crippen molar-refractivity contribution in [1.82, 2.24) is 9.78 Å². The molecule has 0 atom stereocenters. The molecule has 6 heteroatoms. The Balaban J connectivity index is 2.11. The summed E-state index contributed by atoms with van der Waals surface area (Å²) in [6, 6.07) is 8.69. The van der Waals surface area contributed by atoms with E-state index < -0.39 is 6.61 Å². The van der Waals surface area contributed by atoms with Crippen molar-refractivity contribution in [3.63, 3.8) is 0 Å². The van der Waals surface area contributed by atoms with Crippen LogP contribution in [0.2, 0.25) is 0 Å². The first-order valence-electron chi connectivity index (χ1n) is 6.97. The molecule has 1 aromatic carbocycles. The Kier molecular flexibility index (Phi) is 5.14. The summed E-state index contributed by atoms with van der Waals surface area (Å²) in [4.78, 5) is 0. The van der Waals surface area contributed by atoms with Gasteiger partial charge < -0.3 is 10.1 Å². The van der Waals surface area contributed by atoms with E-state index >= 15 is 0 Å². The number of aromatic nitrogens is 2. The Morgan fingerprint density at radius 2 is 2.05 bits per heavy atom. The standard InChI is InChI=1S/C15H19F2N3O/c1-3-11-9-12(20(4-2)19-11)10-18-13-7-5-6-8-14(13)21-15(16)17/h5-9,15,18H,3-4,10H2,1-2H3. The first-order chi connectivity index (χ1) is 10.1. The van der Waals surface area contributed by atoms with Crippen LogP contribution < -0.4 is 10.1 Å². The van der Waals surface area contributed by atoms with Crippen molar-refractivity contribution in [2.24, 2.45) is 0 Å². The highest BCUT2D eigenvalue weighted by molar-refractivity contribution is 5.56. The first kappa shape index (κ1) is 15.3. The number of para-hydroxylation sites is 2. The van der Waals surface area contributed by atoms with Gasteiger partial charge in [-0.2, -0.15) is 13.9 Å². The molecule has 2 aromatic rings. The van der Waals surface area contributed by atoms with Gasteiger partial charge in [-0.15, -0.1) is 0 Å². The van der Waals surface area contributed by atoms with E-state index in [4.69, 9.17) is 0 Å². The van der Waals surface area contributed by atoms with E-state index in [0.717, 1.165) is 24.4 Å². The molecule has 0 bridgehead atoms. The number of hydrogen-bond donors (Lipinski definition) is 1. The van der Waals surface area contributed by atoms with E-state index in [1.54, 1.807) is 18.2 Å². The fraction of sp³-hybridized carbons (Fsp3) is 0.400. The summed E-state index contributed by atoms with van der Waals surface area (Å²) in [5.74, 6) is 0.144. The second kappa shape index (κ2) is 7.06. The first-order valence-corrected chi connectivity index (χ1v) is 6.97. The van der Waals surface area contributed by atoms with Crippen LogP contribution in [-0.2, 0) is 19.5 Å². The van der Waals surface area contributed by atoms with E-state index in [2.05, 4.69) is 15.2 Å². The minimum Gasteiger partial charge on any atom is -0.433 e. The summed E-state index contributed by atoms with van der Waals surface area (Å²) < 4.78 is 31.1. The molecule has 0 aliphatic rings. The van der Waals surface area contributed by atoms with Crippen LogP contribution in [0.1, 0.15) is 25.2 Å². The number of alkyl halides is 2. The van der Waals surface area contributed by atoms with E-state index in [0.29, 0.717) is 12.2 Å². The van der Waals surface area contributed by atoms with Gasteiger partial charge in [0.25, 0.3) is 0 Å². The van der Waals surface area contributed by atoms with Gasteiger partial charge in [0.1, 0.15) is 5.75 Å². The van der Waals surface area contributed by atoms with Crippen LogP contribution in [0.15, 0.2) is 30.3 Å². The maximum atomic E-state index is 12.4. The van der Waals surface area contributed by atoms with Gasteiger partial charge in [-0.1, -0.05) is 19.1 Å². The molecule has 114 valence electrons. The average molecular weight is 295 g/mol. The van der Waals surface area contributed by atoms with Gasteiger partial charge in [0.15, 0.2) is 0 Å². The number of hydrogen-bond acceptors (Lipinski definition) is 3. The molecule has 1 aromatic heterocycles. The van der Waals surface area contributed by atoms with Gasteiger partial charge in [-0.25, -0.2) is 0 Å². The van der Waals surface area contributed by atoms with Crippen molar-refractivity contribution < 1.29 is 13.5 Å². The molecular weight excluding hydrogens is 276 g/mol. The topological polar surface area (TPSA) is 39.1 Å². The zero-order valence-electron chi connectivity index (χ0n) is 12.1. The molecule has 0 aliphatic carbocycles. The zero-order chi connectivity index (χ0) is 15.2. The number of benzene rings is 1. The maximum absolute atomic E-state index is 12.4. The van der Waals surface area contributed by atoms with Crippen molar-refractivity contribution in [3.8, 4) is 5.75 Å². The van der Waals surface area contributed by atoms with E-state index in [1.807, 2.05) is 24.6 Å². The fourth-order valence-corrected chi connectivity index (χ4v) is 2.10. The summed E-state index contributed by atoms with van der Waals surface area (Å²) in [6.45, 7) is 2.51. The van der Waals surface area contributed by atoms with Crippen LogP contribution in [0.4, 0.5) is 14.5 Å². The molecule has 21 heavy (non-hydrogen) atoms. The molecule has 0 fully saturated rings. The molecule has 1 N–H and O–H groups in total. The third-order valence-electron chi connectivity index (χ3n) is 3.14. The van der Waals surface area contributed by atoms with Crippen LogP contribution in [0, 0.1) is 0 Å². The van der Waals surface area contributed by atoms with Crippen molar-refractivity contribution in [2.45, 2.75) is 40.0 Å². The Bertz CT molecular complexity index is 584. The van der Waals surface area contributed by atoms with E-state index in [1.165, 1.54) is 6.07 Å². The van der Waals surface area contributed by atoms with Crippen LogP contribution in [0.3, 0.4) is 0 Å². The predicted octanol–water partition coefficient (Wildman–Crippen LogP) is 3.68. The third kappa shape index (κ3) is 3.93. The number of halogens is 2. The highest BCUT2D eigenvalue weighted by Crippen LogP contribution is 2.26. The van der Waals surface area contributed by atoms with Crippen molar-refractivity contribution in [3.05, 3.63) is 41.7 Å². The summed E-state index contributed by atoms with van der Waals surface area (Å²) in [6.07, 6.45) is 0.866. The number of ether oxygens (including phenoxy) is 1. The molecule has 2 rings (SSSR count). The quantitative estimate of drug-likeness (QED) is 0.847. The molecular formula is C15H19F2N3O. The molecule has 0 saturated heterocycles. The van der Waals surface area contributed by atoms with Gasteiger partial charge in [0, 0.05) is 6.54 Å². The Morgan fingerprint density at radius 1 is 1.29 bits per heavy atom. The highest BCUT2D eigenvalue weighted by Gasteiger charge is 2.10. The third-order valence-corrected chi connectivity index (χ3v) is 3.14. The van der Waals surface area contributed by atoms with Gasteiger partial charge in [0.2, 0.25) is 0 Å². The number of rotatable bonds is 7. The fourth-order valence-electron chi connectivity index (χ4n) is 2.10. The lowest BCUT2D eigenvalue weighted by molar-refractivity contribution is -0.0493. The SMILES string of the molecule is CCc1cc(CNc2ccccc2OC(F)F)n(CC)n1. The van der Waals surface area contributed by atoms with Crippen molar-refractivity contribution in [2.75, 3.05) is 5.32 Å². The molecule has 0 unspecified atom stereocenters. The highest BCUT2D eigenvalue weighted by atomic mass is 19.3. The molecule has 1 heterocycles. The van der Waals surface area contributed by atoms with Gasteiger partial charge in [-0.3, -0.25) is 4.68 Å². The number of aryl methyl sites for hydroxylation is 2. The molecule has 0 saturated carbocycles. The van der Waals surface area contributed by atoms with Gasteiger partial charge >= 0.3 is 6.61 Å². The maximum Gasteiger partial charge on any atom is 0.387 e. The normalized spacial score (nSPS) is 10.9. The lowest BCUT2D eigenvalue weighted by atomic mass is 10.2. The van der Waals surface area contributed by atoms with Gasteiger partial charge in [0.05, 0.1) is 23.6 Å². The minimum absolute atomic E-state index is 0.144. The van der Waals surface area contributed by atoms with Crippen LogP contribution in [-0.4, -0.2) is 16.4 Å². The molecule has 0 amide bonds. The monoisotopic (exact) mass is 295 g/mol. The largest absolute Gasteiger partial charge is 0.433 e. The van der Waals surface area contributed by atoms with Gasteiger partial charge in [-0.05, 0) is 31.5 Å². The van der Waals surface area contributed by atoms with Crippen molar-refractivity contribution in [1.29, 1.82) is 0 Å². The number of anilines is 1. The Hall–Kier alpha value is -2.11. The van der Waals surface area contributed by atoms with Crippen LogP contribution in [0.25, 0.3) is 0 Å². The lowest BCUT2D eigenvalue weighted by Gasteiger charge is -2.12. The smallest absolute Gasteiger partial charge is 0.387 e. The average Bonchev–Trinajstić information content (AvgIpc) is 2.88. The minimum atomic E-state index is -2.83. The molecule has 0 spiro atoms. The van der Waals surface area contributed by atoms with Crippen molar-refractivity contribution >= 4 is 5.69 Å². The number of nitrogens with zero attached hydrogens (tertiary/aromatic N) is 2. The lowest BCUT2D eigenvalue weighted by Crippen LogP contribution is -2.10. The molecule has 0 aliphatic heterocycles. The summed E-state index contributed by atoms with van der Waals surface area (Å²) in [7, 11) is 0. The molecule has 4 nitrogen and oxygen atoms in total. The summed E-state index contributed by atoms with van der Waals surface area (Å²) >= 11 is 0. The number of nitrogens with one attached hydrogen (secondary N) is 1. The van der Waals surface area contributed by atoms with Crippen LogP contribution in [0.5, 0.6) is 5.75 Å².